The van der Waals surface area contributed by atoms with Gasteiger partial charge < -0.3 is 0 Å². The van der Waals surface area contributed by atoms with Crippen LogP contribution >= 0.6 is 0 Å². The molecule has 0 aliphatic heterocycles. The average molecular weight is 181 g/mol. The van der Waals surface area contributed by atoms with Crippen molar-refractivity contribution in [3.8, 4) is 0 Å². The summed E-state index contributed by atoms with van der Waals surface area (Å²) in [6, 6.07) is 9.82. The number of carbonyl (C=O) groups excluding carboxylic acids is 1. The second-order valence-corrected chi connectivity index (χ2v) is 4.01. The van der Waals surface area contributed by atoms with E-state index in [0.717, 1.165) is 4.90 Å². The van der Waals surface area contributed by atoms with Crippen molar-refractivity contribution in [1.82, 2.24) is 0 Å². The van der Waals surface area contributed by atoms with Crippen molar-refractivity contribution >= 4 is 16.6 Å². The molecule has 0 bridgehead atoms. The van der Waals surface area contributed by atoms with Crippen LogP contribution in [0.1, 0.15) is 6.92 Å². The van der Waals surface area contributed by atoms with Gasteiger partial charge in [-0.05, 0) is 18.4 Å². The van der Waals surface area contributed by atoms with Crippen LogP contribution in [0, 0.1) is 0 Å². The van der Waals surface area contributed by atoms with Crippen LogP contribution in [0.15, 0.2) is 39.6 Å². The molecule has 0 spiro atoms. The summed E-state index contributed by atoms with van der Waals surface area (Å²) in [5.74, 6) is -0.107. The van der Waals surface area contributed by atoms with Gasteiger partial charge in [0, 0.05) is 11.8 Å². The quantitative estimate of drug-likeness (QED) is 0.651. The van der Waals surface area contributed by atoms with Gasteiger partial charge in [0.15, 0.2) is 0 Å². The van der Waals surface area contributed by atoms with Crippen molar-refractivity contribution in [3.63, 3.8) is 0 Å². The standard InChI is InChI=1S/C9H11NOS/c1-8(11)10-12(2)9-6-4-3-5-7-9/h3-7H,1-2H3. The monoisotopic (exact) mass is 181 g/mol. The molecule has 1 amide bonds. The van der Waals surface area contributed by atoms with Gasteiger partial charge in [0.05, 0.1) is 0 Å². The summed E-state index contributed by atoms with van der Waals surface area (Å²) in [6.45, 7) is 1.48. The molecule has 0 radical (unpaired) electrons. The van der Waals surface area contributed by atoms with Gasteiger partial charge in [-0.15, -0.1) is 0 Å². The van der Waals surface area contributed by atoms with Gasteiger partial charge in [-0.1, -0.05) is 28.9 Å². The van der Waals surface area contributed by atoms with Crippen molar-refractivity contribution in [1.29, 1.82) is 0 Å². The maximum atomic E-state index is 10.7. The van der Waals surface area contributed by atoms with Crippen molar-refractivity contribution in [2.45, 2.75) is 11.8 Å². The van der Waals surface area contributed by atoms with Crippen LogP contribution in [0.4, 0.5) is 0 Å². The lowest BCUT2D eigenvalue weighted by molar-refractivity contribution is -0.115. The Morgan fingerprint density at radius 2 is 1.92 bits per heavy atom. The summed E-state index contributed by atoms with van der Waals surface area (Å²) in [5.41, 5.74) is 0. The van der Waals surface area contributed by atoms with E-state index in [-0.39, 0.29) is 16.6 Å². The van der Waals surface area contributed by atoms with Gasteiger partial charge >= 0.3 is 0 Å². The molecule has 3 heteroatoms. The molecule has 0 N–H and O–H groups in total. The number of carbonyl (C=O) groups is 1. The second kappa shape index (κ2) is 4.16. The van der Waals surface area contributed by atoms with E-state index in [4.69, 9.17) is 0 Å². The highest BCUT2D eigenvalue weighted by Gasteiger charge is 1.94. The number of hydrogen-bond acceptors (Lipinski definition) is 1. The summed E-state index contributed by atoms with van der Waals surface area (Å²) in [6.07, 6.45) is 1.94. The molecule has 1 unspecified atom stereocenters. The number of hydrogen-bond donors (Lipinski definition) is 0. The molecule has 1 rings (SSSR count). The highest BCUT2D eigenvalue weighted by atomic mass is 32.2. The van der Waals surface area contributed by atoms with E-state index in [0.29, 0.717) is 0 Å². The molecule has 0 aromatic heterocycles. The molecule has 0 saturated heterocycles. The van der Waals surface area contributed by atoms with Gasteiger partial charge in [-0.3, -0.25) is 4.79 Å². The lowest BCUT2D eigenvalue weighted by atomic mass is 10.4. The molecule has 0 saturated carbocycles. The number of benzene rings is 1. The zero-order chi connectivity index (χ0) is 8.97. The maximum absolute atomic E-state index is 10.7. The van der Waals surface area contributed by atoms with Crippen LogP contribution < -0.4 is 0 Å². The van der Waals surface area contributed by atoms with Gasteiger partial charge in [-0.2, -0.15) is 4.36 Å². The molecule has 1 aromatic rings. The van der Waals surface area contributed by atoms with Crippen molar-refractivity contribution in [2.24, 2.45) is 4.36 Å². The van der Waals surface area contributed by atoms with E-state index < -0.39 is 0 Å². The predicted octanol–water partition coefficient (Wildman–Crippen LogP) is 2.02. The molecule has 2 nitrogen and oxygen atoms in total. The lowest BCUT2D eigenvalue weighted by Crippen LogP contribution is -1.91. The highest BCUT2D eigenvalue weighted by molar-refractivity contribution is 7.86. The highest BCUT2D eigenvalue weighted by Crippen LogP contribution is 2.05. The maximum Gasteiger partial charge on any atom is 0.248 e. The first-order valence-electron chi connectivity index (χ1n) is 3.63. The van der Waals surface area contributed by atoms with E-state index in [1.54, 1.807) is 0 Å². The second-order valence-electron chi connectivity index (χ2n) is 2.40. The third kappa shape index (κ3) is 2.58. The summed E-state index contributed by atoms with van der Waals surface area (Å²) in [5, 5.41) is 0. The van der Waals surface area contributed by atoms with E-state index in [1.165, 1.54) is 6.92 Å². The minimum absolute atomic E-state index is 0.107. The summed E-state index contributed by atoms with van der Waals surface area (Å²) < 4.78 is 3.94. The van der Waals surface area contributed by atoms with Crippen LogP contribution in [0.3, 0.4) is 0 Å². The van der Waals surface area contributed by atoms with E-state index in [2.05, 4.69) is 4.36 Å². The molecular weight excluding hydrogens is 170 g/mol. The molecule has 0 heterocycles. The average Bonchev–Trinajstić information content (AvgIpc) is 2.05. The first kappa shape index (κ1) is 9.13. The Bertz CT molecular complexity index is 306. The molecule has 0 aliphatic carbocycles. The van der Waals surface area contributed by atoms with Crippen LogP contribution in [0.2, 0.25) is 0 Å². The van der Waals surface area contributed by atoms with E-state index in [1.807, 2.05) is 36.6 Å². The molecule has 0 fully saturated rings. The Morgan fingerprint density at radius 3 is 2.42 bits per heavy atom. The van der Waals surface area contributed by atoms with Crippen molar-refractivity contribution < 1.29 is 4.79 Å². The Kier molecular flexibility index (Phi) is 3.17. The van der Waals surface area contributed by atoms with Crippen LogP contribution in [0.25, 0.3) is 0 Å². The zero-order valence-electron chi connectivity index (χ0n) is 7.15. The Balaban J connectivity index is 2.93. The minimum atomic E-state index is -0.288. The third-order valence-electron chi connectivity index (χ3n) is 1.35. The fourth-order valence-electron chi connectivity index (χ4n) is 0.863. The van der Waals surface area contributed by atoms with Gasteiger partial charge in [-0.25, -0.2) is 0 Å². The molecule has 0 aliphatic rings. The molecule has 1 aromatic carbocycles. The number of nitrogens with zero attached hydrogens (tertiary/aromatic N) is 1. The largest absolute Gasteiger partial charge is 0.272 e. The normalized spacial score (nSPS) is 12.8. The Hall–Kier alpha value is -0.960. The molecule has 1 atom stereocenters. The fourth-order valence-corrected chi connectivity index (χ4v) is 1.91. The van der Waals surface area contributed by atoms with Crippen molar-refractivity contribution in [2.75, 3.05) is 6.26 Å². The van der Waals surface area contributed by atoms with Crippen molar-refractivity contribution in [3.05, 3.63) is 30.3 Å². The summed E-state index contributed by atoms with van der Waals surface area (Å²) in [4.78, 5) is 11.8. The molecule has 12 heavy (non-hydrogen) atoms. The first-order valence-corrected chi connectivity index (χ1v) is 5.22. The number of amides is 1. The summed E-state index contributed by atoms with van der Waals surface area (Å²) >= 11 is 0. The fraction of sp³-hybridized carbons (Fsp3) is 0.222. The van der Waals surface area contributed by atoms with Crippen LogP contribution in [0.5, 0.6) is 0 Å². The minimum Gasteiger partial charge on any atom is -0.272 e. The summed E-state index contributed by atoms with van der Waals surface area (Å²) in [7, 11) is -0.288. The predicted molar refractivity (Wildman–Crippen MR) is 51.1 cm³/mol. The van der Waals surface area contributed by atoms with Crippen LogP contribution in [-0.4, -0.2) is 12.2 Å². The number of rotatable bonds is 1. The van der Waals surface area contributed by atoms with Gasteiger partial charge in [0.25, 0.3) is 0 Å². The Labute approximate surface area is 74.7 Å². The molecular formula is C9H11NOS. The van der Waals surface area contributed by atoms with Gasteiger partial charge in [0.2, 0.25) is 5.91 Å². The topological polar surface area (TPSA) is 29.4 Å². The van der Waals surface area contributed by atoms with E-state index >= 15 is 0 Å². The Morgan fingerprint density at radius 1 is 1.33 bits per heavy atom. The SMILES string of the molecule is CC(=O)N=S(C)c1ccccc1. The third-order valence-corrected chi connectivity index (χ3v) is 2.84. The first-order chi connectivity index (χ1) is 5.70. The smallest absolute Gasteiger partial charge is 0.248 e. The lowest BCUT2D eigenvalue weighted by Gasteiger charge is -1.98. The van der Waals surface area contributed by atoms with Crippen LogP contribution in [-0.2, 0) is 15.5 Å². The molecule has 64 valence electrons. The van der Waals surface area contributed by atoms with Gasteiger partial charge in [0.1, 0.15) is 0 Å². The van der Waals surface area contributed by atoms with E-state index in [9.17, 15) is 4.79 Å². The zero-order valence-corrected chi connectivity index (χ0v) is 7.97.